The van der Waals surface area contributed by atoms with E-state index in [0.717, 1.165) is 18.9 Å². The van der Waals surface area contributed by atoms with Crippen LogP contribution in [0.5, 0.6) is 0 Å². The summed E-state index contributed by atoms with van der Waals surface area (Å²) in [6.45, 7) is 6.34. The molecule has 0 spiro atoms. The van der Waals surface area contributed by atoms with Crippen LogP contribution in [0.2, 0.25) is 0 Å². The van der Waals surface area contributed by atoms with Gasteiger partial charge in [-0.05, 0) is 17.5 Å². The van der Waals surface area contributed by atoms with Gasteiger partial charge in [-0.1, -0.05) is 13.8 Å². The zero-order chi connectivity index (χ0) is 9.26. The maximum absolute atomic E-state index is 4.29. The number of rotatable bonds is 1. The zero-order valence-corrected chi connectivity index (χ0v) is 8.09. The third-order valence-corrected chi connectivity index (χ3v) is 2.32. The van der Waals surface area contributed by atoms with Crippen molar-refractivity contribution < 1.29 is 0 Å². The Bertz CT molecular complexity index is 307. The van der Waals surface area contributed by atoms with Crippen molar-refractivity contribution in [2.45, 2.75) is 19.8 Å². The first-order valence-corrected chi connectivity index (χ1v) is 4.75. The molecular formula is C10H15N3. The molecule has 0 saturated carbocycles. The largest absolute Gasteiger partial charge is 0.380 e. The van der Waals surface area contributed by atoms with E-state index in [1.807, 2.05) is 6.20 Å². The van der Waals surface area contributed by atoms with Crippen LogP contribution in [0.1, 0.15) is 25.3 Å². The molecule has 2 rings (SSSR count). The topological polar surface area (TPSA) is 37.0 Å². The van der Waals surface area contributed by atoms with Gasteiger partial charge in [-0.2, -0.15) is 0 Å². The van der Waals surface area contributed by atoms with E-state index in [0.29, 0.717) is 5.92 Å². The number of hydrogen-bond acceptors (Lipinski definition) is 3. The van der Waals surface area contributed by atoms with Crippen LogP contribution in [0.4, 0.5) is 11.5 Å². The zero-order valence-electron chi connectivity index (χ0n) is 8.09. The van der Waals surface area contributed by atoms with Gasteiger partial charge >= 0.3 is 0 Å². The molecule has 1 aliphatic rings. The molecule has 3 heteroatoms. The second-order valence-corrected chi connectivity index (χ2v) is 3.63. The van der Waals surface area contributed by atoms with Crippen molar-refractivity contribution >= 4 is 11.5 Å². The molecule has 1 aromatic rings. The van der Waals surface area contributed by atoms with Gasteiger partial charge in [-0.3, -0.25) is 0 Å². The molecule has 3 nitrogen and oxygen atoms in total. The van der Waals surface area contributed by atoms with Crippen LogP contribution in [-0.4, -0.2) is 18.1 Å². The quantitative estimate of drug-likeness (QED) is 0.689. The van der Waals surface area contributed by atoms with E-state index in [1.165, 1.54) is 11.3 Å². The van der Waals surface area contributed by atoms with Crippen LogP contribution in [0.25, 0.3) is 0 Å². The van der Waals surface area contributed by atoms with Gasteiger partial charge in [0.2, 0.25) is 0 Å². The minimum atomic E-state index is 0.546. The minimum absolute atomic E-state index is 0.546. The number of hydrogen-bond donors (Lipinski definition) is 2. The van der Waals surface area contributed by atoms with E-state index in [2.05, 4.69) is 35.5 Å². The average molecular weight is 177 g/mol. The van der Waals surface area contributed by atoms with Crippen molar-refractivity contribution in [3.63, 3.8) is 0 Å². The van der Waals surface area contributed by atoms with E-state index < -0.39 is 0 Å². The van der Waals surface area contributed by atoms with Crippen LogP contribution in [-0.2, 0) is 0 Å². The molecule has 1 aromatic heterocycles. The number of fused-ring (bicyclic) bond motifs is 1. The highest BCUT2D eigenvalue weighted by atomic mass is 15.1. The molecule has 2 N–H and O–H groups in total. The van der Waals surface area contributed by atoms with E-state index in [9.17, 15) is 0 Å². The molecule has 13 heavy (non-hydrogen) atoms. The molecule has 0 aromatic carbocycles. The van der Waals surface area contributed by atoms with Crippen LogP contribution in [0, 0.1) is 0 Å². The van der Waals surface area contributed by atoms with Crippen LogP contribution in [0.15, 0.2) is 12.3 Å². The number of anilines is 2. The summed E-state index contributed by atoms with van der Waals surface area (Å²) in [5.74, 6) is 1.54. The Morgan fingerprint density at radius 2 is 2.08 bits per heavy atom. The summed E-state index contributed by atoms with van der Waals surface area (Å²) >= 11 is 0. The molecule has 0 unspecified atom stereocenters. The van der Waals surface area contributed by atoms with Gasteiger partial charge in [0.05, 0.1) is 5.69 Å². The molecule has 0 radical (unpaired) electrons. The first-order valence-electron chi connectivity index (χ1n) is 4.75. The van der Waals surface area contributed by atoms with Crippen LogP contribution in [0.3, 0.4) is 0 Å². The van der Waals surface area contributed by atoms with E-state index in [4.69, 9.17) is 0 Å². The highest BCUT2D eigenvalue weighted by Gasteiger charge is 2.14. The van der Waals surface area contributed by atoms with Crippen molar-refractivity contribution in [3.05, 3.63) is 17.8 Å². The van der Waals surface area contributed by atoms with Gasteiger partial charge in [0.25, 0.3) is 0 Å². The molecule has 0 saturated heterocycles. The third-order valence-electron chi connectivity index (χ3n) is 2.32. The Morgan fingerprint density at radius 3 is 2.85 bits per heavy atom. The summed E-state index contributed by atoms with van der Waals surface area (Å²) in [5, 5.41) is 6.67. The van der Waals surface area contributed by atoms with Gasteiger partial charge < -0.3 is 10.6 Å². The van der Waals surface area contributed by atoms with Crippen molar-refractivity contribution in [3.8, 4) is 0 Å². The second kappa shape index (κ2) is 3.24. The monoisotopic (exact) mass is 177 g/mol. The summed E-state index contributed by atoms with van der Waals surface area (Å²) in [7, 11) is 0. The van der Waals surface area contributed by atoms with Gasteiger partial charge in [-0.15, -0.1) is 0 Å². The Kier molecular flexibility index (Phi) is 2.08. The van der Waals surface area contributed by atoms with Crippen molar-refractivity contribution in [1.82, 2.24) is 4.98 Å². The standard InChI is InChI=1S/C10H15N3/c1-7(2)8-3-4-12-10-9(8)11-5-6-13-10/h3-4,7,11H,5-6H2,1-2H3,(H,12,13). The molecule has 1 aliphatic heterocycles. The summed E-state index contributed by atoms with van der Waals surface area (Å²) in [6.07, 6.45) is 1.87. The van der Waals surface area contributed by atoms with Gasteiger partial charge in [0.1, 0.15) is 5.82 Å². The van der Waals surface area contributed by atoms with Crippen molar-refractivity contribution in [2.75, 3.05) is 23.7 Å². The fourth-order valence-corrected chi connectivity index (χ4v) is 1.65. The van der Waals surface area contributed by atoms with Crippen LogP contribution >= 0.6 is 0 Å². The van der Waals surface area contributed by atoms with E-state index >= 15 is 0 Å². The molecule has 0 amide bonds. The fourth-order valence-electron chi connectivity index (χ4n) is 1.65. The Labute approximate surface area is 78.6 Å². The summed E-state index contributed by atoms with van der Waals surface area (Å²) in [4.78, 5) is 4.29. The second-order valence-electron chi connectivity index (χ2n) is 3.63. The maximum atomic E-state index is 4.29. The maximum Gasteiger partial charge on any atom is 0.149 e. The van der Waals surface area contributed by atoms with Gasteiger partial charge in [0, 0.05) is 19.3 Å². The van der Waals surface area contributed by atoms with Crippen molar-refractivity contribution in [2.24, 2.45) is 0 Å². The van der Waals surface area contributed by atoms with E-state index in [1.54, 1.807) is 0 Å². The van der Waals surface area contributed by atoms with Gasteiger partial charge in [0.15, 0.2) is 0 Å². The lowest BCUT2D eigenvalue weighted by Gasteiger charge is -2.22. The SMILES string of the molecule is CC(C)c1ccnc2c1NCCN2. The fraction of sp³-hybridized carbons (Fsp3) is 0.500. The number of aromatic nitrogens is 1. The molecule has 0 fully saturated rings. The molecule has 0 bridgehead atoms. The highest BCUT2D eigenvalue weighted by molar-refractivity contribution is 5.70. The molecule has 0 atom stereocenters. The van der Waals surface area contributed by atoms with Gasteiger partial charge in [-0.25, -0.2) is 4.98 Å². The Hall–Kier alpha value is -1.25. The molecule has 70 valence electrons. The predicted molar refractivity (Wildman–Crippen MR) is 55.3 cm³/mol. The number of nitrogens with zero attached hydrogens (tertiary/aromatic N) is 1. The average Bonchev–Trinajstić information content (AvgIpc) is 2.17. The molecular weight excluding hydrogens is 162 g/mol. The summed E-state index contributed by atoms with van der Waals surface area (Å²) < 4.78 is 0. The van der Waals surface area contributed by atoms with E-state index in [-0.39, 0.29) is 0 Å². The smallest absolute Gasteiger partial charge is 0.149 e. The normalized spacial score (nSPS) is 14.7. The highest BCUT2D eigenvalue weighted by Crippen LogP contribution is 2.30. The molecule has 2 heterocycles. The Morgan fingerprint density at radius 1 is 1.31 bits per heavy atom. The Balaban J connectivity index is 2.46. The lowest BCUT2D eigenvalue weighted by molar-refractivity contribution is 0.856. The third kappa shape index (κ3) is 1.46. The lowest BCUT2D eigenvalue weighted by Crippen LogP contribution is -2.22. The summed E-state index contributed by atoms with van der Waals surface area (Å²) in [6, 6.07) is 2.09. The summed E-state index contributed by atoms with van der Waals surface area (Å²) in [5.41, 5.74) is 2.53. The number of nitrogens with one attached hydrogen (secondary N) is 2. The number of pyridine rings is 1. The lowest BCUT2D eigenvalue weighted by atomic mass is 10.0. The minimum Gasteiger partial charge on any atom is -0.380 e. The first-order chi connectivity index (χ1) is 6.29. The predicted octanol–water partition coefficient (Wildman–Crippen LogP) is 2.04. The molecule has 0 aliphatic carbocycles. The first kappa shape index (κ1) is 8.35. The van der Waals surface area contributed by atoms with Crippen molar-refractivity contribution in [1.29, 1.82) is 0 Å². The van der Waals surface area contributed by atoms with Crippen LogP contribution < -0.4 is 10.6 Å².